The van der Waals surface area contributed by atoms with Crippen LogP contribution in [0.5, 0.6) is 0 Å². The number of anilines is 3. The van der Waals surface area contributed by atoms with Crippen LogP contribution < -0.4 is 4.90 Å². The zero-order valence-electron chi connectivity index (χ0n) is 37.9. The van der Waals surface area contributed by atoms with Crippen molar-refractivity contribution in [2.75, 3.05) is 4.90 Å². The molecule has 0 saturated heterocycles. The molecular formula is C63H46N2O3. The number of hydrogen-bond acceptors (Lipinski definition) is 4. The summed E-state index contributed by atoms with van der Waals surface area (Å²) in [4.78, 5) is 2.41. The number of hydrogen-bond donors (Lipinski definition) is 0. The van der Waals surface area contributed by atoms with E-state index < -0.39 is 0 Å². The first-order valence-electron chi connectivity index (χ1n) is 24.6. The number of benzene rings is 8. The van der Waals surface area contributed by atoms with E-state index in [9.17, 15) is 0 Å². The normalized spacial score (nSPS) is 15.0. The van der Waals surface area contributed by atoms with Crippen LogP contribution in [-0.4, -0.2) is 4.57 Å². The predicted molar refractivity (Wildman–Crippen MR) is 280 cm³/mol. The van der Waals surface area contributed by atoms with Crippen molar-refractivity contribution in [2.45, 2.75) is 70.1 Å². The van der Waals surface area contributed by atoms with Gasteiger partial charge in [-0.1, -0.05) is 153 Å². The van der Waals surface area contributed by atoms with Crippen molar-refractivity contribution in [1.82, 2.24) is 4.57 Å². The Labute approximate surface area is 392 Å². The largest absolute Gasteiger partial charge is 0.454 e. The molecular weight excluding hydrogens is 833 g/mol. The molecule has 0 amide bonds. The highest BCUT2D eigenvalue weighted by Crippen LogP contribution is 2.54. The van der Waals surface area contributed by atoms with Crippen molar-refractivity contribution in [3.05, 3.63) is 180 Å². The lowest BCUT2D eigenvalue weighted by Gasteiger charge is -2.29. The van der Waals surface area contributed by atoms with E-state index in [1.807, 2.05) is 0 Å². The van der Waals surface area contributed by atoms with Gasteiger partial charge in [0.05, 0.1) is 33.5 Å². The summed E-state index contributed by atoms with van der Waals surface area (Å²) in [7, 11) is 0. The first-order valence-corrected chi connectivity index (χ1v) is 24.6. The molecule has 9 aromatic carbocycles. The van der Waals surface area contributed by atoms with Crippen molar-refractivity contribution >= 4 is 115 Å². The summed E-state index contributed by atoms with van der Waals surface area (Å²) in [6.45, 7) is 2.20. The van der Waals surface area contributed by atoms with Gasteiger partial charge in [-0.25, -0.2) is 0 Å². The summed E-state index contributed by atoms with van der Waals surface area (Å²) in [5.41, 5.74) is 15.0. The van der Waals surface area contributed by atoms with Crippen LogP contribution in [0.2, 0.25) is 0 Å². The predicted octanol–water partition coefficient (Wildman–Crippen LogP) is 18.3. The van der Waals surface area contributed by atoms with Crippen molar-refractivity contribution in [3.63, 3.8) is 0 Å². The maximum absolute atomic E-state index is 7.37. The lowest BCUT2D eigenvalue weighted by atomic mass is 9.95. The van der Waals surface area contributed by atoms with E-state index in [4.69, 9.17) is 13.3 Å². The number of rotatable bonds is 6. The van der Waals surface area contributed by atoms with E-state index in [1.54, 1.807) is 0 Å². The standard InChI is InChI=1S/C63H46N2O3/c1-37-17-2-10-32-50(37)64(52-34-14-30-48-46-28-12-25-40(38-18-3-4-19-38)59(46)67-61(48)52)58-45-24-8-7-23-44(45)57-56-55-43(27-16-36-54(55)66-63(56)58)42-22-9-11-33-51(42)65(57)53-35-15-31-49-47-29-13-26-41(39-20-5-6-21-39)60(47)68-62(49)53/h2,7-15,17,22-35,38-39H,3-6,18-21H2,1H3. The first kappa shape index (κ1) is 38.2. The molecule has 0 radical (unpaired) electrons. The number of aryl methyl sites for hydroxylation is 1. The summed E-state index contributed by atoms with van der Waals surface area (Å²) < 4.78 is 24.4. The van der Waals surface area contributed by atoms with Crippen molar-refractivity contribution in [1.29, 1.82) is 0 Å². The van der Waals surface area contributed by atoms with E-state index in [0.717, 1.165) is 116 Å². The Morgan fingerprint density at radius 3 is 1.75 bits per heavy atom. The lowest BCUT2D eigenvalue weighted by molar-refractivity contribution is 0.641. The number of furan rings is 3. The Morgan fingerprint density at radius 1 is 0.471 bits per heavy atom. The van der Waals surface area contributed by atoms with E-state index >= 15 is 0 Å². The molecule has 2 saturated carbocycles. The Hall–Kier alpha value is -7.94. The van der Waals surface area contributed by atoms with Gasteiger partial charge in [-0.05, 0) is 97.5 Å². The smallest absolute Gasteiger partial charge is 0.186 e. The summed E-state index contributed by atoms with van der Waals surface area (Å²) in [5, 5.41) is 10.9. The highest BCUT2D eigenvalue weighted by molar-refractivity contribution is 6.34. The fourth-order valence-corrected chi connectivity index (χ4v) is 12.8. The summed E-state index contributed by atoms with van der Waals surface area (Å²) in [5.74, 6) is 1.01. The molecule has 0 aliphatic heterocycles. The molecule has 13 aromatic rings. The molecule has 15 rings (SSSR count). The first-order chi connectivity index (χ1) is 33.7. The molecule has 4 heterocycles. The van der Waals surface area contributed by atoms with Crippen molar-refractivity contribution in [3.8, 4) is 5.69 Å². The Morgan fingerprint density at radius 2 is 1.03 bits per heavy atom. The van der Waals surface area contributed by atoms with Gasteiger partial charge in [0.2, 0.25) is 0 Å². The minimum atomic E-state index is 0.505. The molecule has 0 bridgehead atoms. The molecule has 4 aromatic heterocycles. The summed E-state index contributed by atoms with van der Waals surface area (Å²) in [6.07, 6.45) is 9.86. The molecule has 2 aliphatic rings. The lowest BCUT2D eigenvalue weighted by Crippen LogP contribution is -2.13. The Kier molecular flexibility index (Phi) is 8.16. The van der Waals surface area contributed by atoms with Crippen LogP contribution in [0, 0.1) is 19.1 Å². The minimum absolute atomic E-state index is 0.505. The quantitative estimate of drug-likeness (QED) is 0.167. The molecule has 326 valence electrons. The van der Waals surface area contributed by atoms with Gasteiger partial charge < -0.3 is 22.7 Å². The molecule has 2 aliphatic carbocycles. The Balaban J connectivity index is 1.11. The van der Waals surface area contributed by atoms with E-state index in [1.165, 1.54) is 67.9 Å². The van der Waals surface area contributed by atoms with Gasteiger partial charge in [0, 0.05) is 54.2 Å². The molecule has 68 heavy (non-hydrogen) atoms. The summed E-state index contributed by atoms with van der Waals surface area (Å²) in [6, 6.07) is 62.1. The van der Waals surface area contributed by atoms with Gasteiger partial charge in [0.25, 0.3) is 0 Å². The Bertz CT molecular complexity index is 4200. The van der Waals surface area contributed by atoms with Gasteiger partial charge in [0.1, 0.15) is 11.2 Å². The molecule has 0 spiro atoms. The number of nitrogens with zero attached hydrogens (tertiary/aromatic N) is 2. The monoisotopic (exact) mass is 878 g/mol. The molecule has 5 nitrogen and oxygen atoms in total. The highest BCUT2D eigenvalue weighted by Gasteiger charge is 2.32. The zero-order valence-corrected chi connectivity index (χ0v) is 37.9. The fraction of sp³-hybridized carbons (Fsp3) is 0.175. The second-order valence-corrected chi connectivity index (χ2v) is 19.5. The van der Waals surface area contributed by atoms with Gasteiger partial charge >= 0.3 is 0 Å². The average molecular weight is 879 g/mol. The van der Waals surface area contributed by atoms with Crippen LogP contribution >= 0.6 is 0 Å². The van der Waals surface area contributed by atoms with Crippen molar-refractivity contribution in [2.24, 2.45) is 0 Å². The van der Waals surface area contributed by atoms with E-state index in [-0.39, 0.29) is 0 Å². The maximum atomic E-state index is 7.37. The van der Waals surface area contributed by atoms with Crippen LogP contribution in [-0.2, 0) is 0 Å². The zero-order chi connectivity index (χ0) is 44.6. The summed E-state index contributed by atoms with van der Waals surface area (Å²) >= 11 is 0. The van der Waals surface area contributed by atoms with Crippen LogP contribution in [0.1, 0.15) is 79.9 Å². The van der Waals surface area contributed by atoms with Gasteiger partial charge in [-0.15, -0.1) is 0 Å². The molecule has 0 atom stereocenters. The van der Waals surface area contributed by atoms with E-state index in [2.05, 4.69) is 180 Å². The third-order valence-electron chi connectivity index (χ3n) is 15.8. The molecule has 0 N–H and O–H groups in total. The fourth-order valence-electron chi connectivity index (χ4n) is 12.8. The molecule has 2 fully saturated rings. The van der Waals surface area contributed by atoms with Gasteiger partial charge in [-0.3, -0.25) is 0 Å². The van der Waals surface area contributed by atoms with Gasteiger partial charge in [-0.2, -0.15) is 0 Å². The van der Waals surface area contributed by atoms with Crippen molar-refractivity contribution < 1.29 is 13.3 Å². The average Bonchev–Trinajstić information content (AvgIpc) is 4.25. The molecule has 0 unspecified atom stereocenters. The third kappa shape index (κ3) is 5.29. The topological polar surface area (TPSA) is 47.6 Å². The van der Waals surface area contributed by atoms with Crippen LogP contribution in [0.25, 0.3) is 104 Å². The van der Waals surface area contributed by atoms with Crippen LogP contribution in [0.3, 0.4) is 0 Å². The van der Waals surface area contributed by atoms with E-state index in [0.29, 0.717) is 17.4 Å². The van der Waals surface area contributed by atoms with Crippen LogP contribution in [0.4, 0.5) is 17.1 Å². The SMILES string of the molecule is Cc1ccccc1N(c1cccc2c1oc1c(C3CCCC3)cccc12)c1c2ccccc2c2c3c1oc1c#ccc(c4ccccc4n2-c2cccc4c2oc2c(C5CCCC5)cccc24)c13. The maximum Gasteiger partial charge on any atom is 0.186 e. The second-order valence-electron chi connectivity index (χ2n) is 19.5. The third-order valence-corrected chi connectivity index (χ3v) is 15.8. The number of fused-ring (bicyclic) bond motifs is 10. The number of para-hydroxylation sites is 6. The van der Waals surface area contributed by atoms with Crippen LogP contribution in [0.15, 0.2) is 165 Å². The highest BCUT2D eigenvalue weighted by atomic mass is 16.3. The van der Waals surface area contributed by atoms with Gasteiger partial charge in [0.15, 0.2) is 22.3 Å². The second kappa shape index (κ2) is 14.5. The minimum Gasteiger partial charge on any atom is -0.454 e. The number of aromatic nitrogens is 1. The molecule has 5 heteroatoms.